The summed E-state index contributed by atoms with van der Waals surface area (Å²) in [7, 11) is 1.55. The number of rotatable bonds is 1. The predicted octanol–water partition coefficient (Wildman–Crippen LogP) is 3.15. The first kappa shape index (κ1) is 9.40. The first-order chi connectivity index (χ1) is 6.72. The van der Waals surface area contributed by atoms with Crippen molar-refractivity contribution in [3.8, 4) is 5.75 Å². The summed E-state index contributed by atoms with van der Waals surface area (Å²) >= 11 is 3.25. The quantitative estimate of drug-likeness (QED) is 0.781. The maximum Gasteiger partial charge on any atom is 0.129 e. The normalized spacial score (nSPS) is 10.5. The molecule has 2 aromatic rings. The van der Waals surface area contributed by atoms with E-state index in [1.807, 2.05) is 0 Å². The molecule has 14 heavy (non-hydrogen) atoms. The number of pyridine rings is 1. The number of methoxy groups -OCH3 is 1. The molecule has 0 unspecified atom stereocenters. The molecule has 72 valence electrons. The fourth-order valence-corrected chi connectivity index (χ4v) is 1.87. The number of halogens is 2. The summed E-state index contributed by atoms with van der Waals surface area (Å²) in [6.07, 6.45) is 1.63. The minimum Gasteiger partial charge on any atom is -0.496 e. The Morgan fingerprint density at radius 2 is 2.21 bits per heavy atom. The van der Waals surface area contributed by atoms with Gasteiger partial charge in [0.1, 0.15) is 11.6 Å². The third kappa shape index (κ3) is 1.46. The SMILES string of the molecule is COc1ccnc2c(Br)cc(F)cc12. The Balaban J connectivity index is 2.86. The highest BCUT2D eigenvalue weighted by Gasteiger charge is 2.07. The van der Waals surface area contributed by atoms with Gasteiger partial charge in [0.2, 0.25) is 0 Å². The van der Waals surface area contributed by atoms with Gasteiger partial charge < -0.3 is 4.74 Å². The number of hydrogen-bond acceptors (Lipinski definition) is 2. The molecule has 0 amide bonds. The van der Waals surface area contributed by atoms with E-state index in [-0.39, 0.29) is 5.82 Å². The summed E-state index contributed by atoms with van der Waals surface area (Å²) in [4.78, 5) is 4.14. The topological polar surface area (TPSA) is 22.1 Å². The third-order valence-electron chi connectivity index (χ3n) is 1.94. The molecule has 0 bridgehead atoms. The summed E-state index contributed by atoms with van der Waals surface area (Å²) in [5.74, 6) is 0.311. The summed E-state index contributed by atoms with van der Waals surface area (Å²) in [5.41, 5.74) is 0.700. The smallest absolute Gasteiger partial charge is 0.129 e. The second kappa shape index (κ2) is 3.53. The molecule has 1 aromatic carbocycles. The van der Waals surface area contributed by atoms with Crippen molar-refractivity contribution in [3.63, 3.8) is 0 Å². The summed E-state index contributed by atoms with van der Waals surface area (Å²) < 4.78 is 18.8. The largest absolute Gasteiger partial charge is 0.496 e. The fraction of sp³-hybridized carbons (Fsp3) is 0.100. The van der Waals surface area contributed by atoms with E-state index >= 15 is 0 Å². The lowest BCUT2D eigenvalue weighted by molar-refractivity contribution is 0.419. The Bertz CT molecular complexity index is 487. The third-order valence-corrected chi connectivity index (χ3v) is 2.55. The maximum atomic E-state index is 13.1. The molecule has 2 nitrogen and oxygen atoms in total. The molecule has 1 heterocycles. The molecular weight excluding hydrogens is 249 g/mol. The van der Waals surface area contributed by atoms with Crippen LogP contribution in [0.2, 0.25) is 0 Å². The number of nitrogens with zero attached hydrogens (tertiary/aromatic N) is 1. The Kier molecular flexibility index (Phi) is 2.37. The van der Waals surface area contributed by atoms with E-state index in [9.17, 15) is 4.39 Å². The molecule has 0 fully saturated rings. The van der Waals surface area contributed by atoms with Gasteiger partial charge in [0.05, 0.1) is 12.6 Å². The van der Waals surface area contributed by atoms with Crippen molar-refractivity contribution >= 4 is 26.8 Å². The monoisotopic (exact) mass is 255 g/mol. The van der Waals surface area contributed by atoms with Crippen LogP contribution in [-0.4, -0.2) is 12.1 Å². The van der Waals surface area contributed by atoms with Gasteiger partial charge in [0.25, 0.3) is 0 Å². The van der Waals surface area contributed by atoms with Crippen LogP contribution in [0.25, 0.3) is 10.9 Å². The molecule has 1 aromatic heterocycles. The predicted molar refractivity (Wildman–Crippen MR) is 56.0 cm³/mol. The molecule has 0 N–H and O–H groups in total. The average Bonchev–Trinajstić information content (AvgIpc) is 2.17. The van der Waals surface area contributed by atoms with Crippen LogP contribution in [0.1, 0.15) is 0 Å². The van der Waals surface area contributed by atoms with Gasteiger partial charge in [-0.15, -0.1) is 0 Å². The Morgan fingerprint density at radius 1 is 1.43 bits per heavy atom. The van der Waals surface area contributed by atoms with Crippen LogP contribution in [0, 0.1) is 5.82 Å². The minimum atomic E-state index is -0.310. The zero-order valence-corrected chi connectivity index (χ0v) is 9.01. The van der Waals surface area contributed by atoms with Crippen LogP contribution < -0.4 is 4.74 Å². The van der Waals surface area contributed by atoms with E-state index in [0.717, 1.165) is 0 Å². The van der Waals surface area contributed by atoms with Crippen molar-refractivity contribution in [3.05, 3.63) is 34.7 Å². The summed E-state index contributed by atoms with van der Waals surface area (Å²) in [6, 6.07) is 4.49. The lowest BCUT2D eigenvalue weighted by Gasteiger charge is -2.05. The second-order valence-electron chi connectivity index (χ2n) is 2.80. The molecule has 4 heteroatoms. The second-order valence-corrected chi connectivity index (χ2v) is 3.65. The van der Waals surface area contributed by atoms with Gasteiger partial charge in [-0.05, 0) is 34.1 Å². The number of benzene rings is 1. The summed E-state index contributed by atoms with van der Waals surface area (Å²) in [6.45, 7) is 0. The van der Waals surface area contributed by atoms with Crippen molar-refractivity contribution in [1.29, 1.82) is 0 Å². The van der Waals surface area contributed by atoms with Gasteiger partial charge in [0, 0.05) is 16.1 Å². The van der Waals surface area contributed by atoms with Gasteiger partial charge in [0.15, 0.2) is 0 Å². The lowest BCUT2D eigenvalue weighted by Crippen LogP contribution is -1.88. The molecule has 0 spiro atoms. The average molecular weight is 256 g/mol. The van der Waals surface area contributed by atoms with E-state index in [4.69, 9.17) is 4.74 Å². The van der Waals surface area contributed by atoms with Crippen LogP contribution >= 0.6 is 15.9 Å². The highest BCUT2D eigenvalue weighted by Crippen LogP contribution is 2.29. The van der Waals surface area contributed by atoms with Crippen LogP contribution in [-0.2, 0) is 0 Å². The van der Waals surface area contributed by atoms with Gasteiger partial charge in [-0.2, -0.15) is 0 Å². The van der Waals surface area contributed by atoms with Crippen LogP contribution in [0.15, 0.2) is 28.9 Å². The molecule has 0 saturated heterocycles. The van der Waals surface area contributed by atoms with Crippen LogP contribution in [0.5, 0.6) is 5.75 Å². The van der Waals surface area contributed by atoms with E-state index in [0.29, 0.717) is 21.1 Å². The van der Waals surface area contributed by atoms with Crippen molar-refractivity contribution in [2.24, 2.45) is 0 Å². The van der Waals surface area contributed by atoms with Crippen molar-refractivity contribution in [2.45, 2.75) is 0 Å². The number of fused-ring (bicyclic) bond motifs is 1. The number of aromatic nitrogens is 1. The molecule has 0 aliphatic rings. The fourth-order valence-electron chi connectivity index (χ4n) is 1.33. The van der Waals surface area contributed by atoms with Crippen molar-refractivity contribution in [1.82, 2.24) is 4.98 Å². The van der Waals surface area contributed by atoms with E-state index in [1.54, 1.807) is 19.4 Å². The van der Waals surface area contributed by atoms with E-state index in [1.165, 1.54) is 12.1 Å². The lowest BCUT2D eigenvalue weighted by atomic mass is 10.2. The highest BCUT2D eigenvalue weighted by atomic mass is 79.9. The molecule has 0 radical (unpaired) electrons. The molecule has 0 saturated carbocycles. The van der Waals surface area contributed by atoms with Gasteiger partial charge >= 0.3 is 0 Å². The zero-order valence-electron chi connectivity index (χ0n) is 7.42. The standard InChI is InChI=1S/C10H7BrFNO/c1-14-9-2-3-13-10-7(9)4-6(12)5-8(10)11/h2-5H,1H3. The Labute approximate surface area is 88.8 Å². The molecule has 0 aliphatic heterocycles. The van der Waals surface area contributed by atoms with Crippen molar-refractivity contribution < 1.29 is 9.13 Å². The number of ether oxygens (including phenoxy) is 1. The molecular formula is C10H7BrFNO. The van der Waals surface area contributed by atoms with Crippen molar-refractivity contribution in [2.75, 3.05) is 7.11 Å². The van der Waals surface area contributed by atoms with Gasteiger partial charge in [-0.25, -0.2) is 4.39 Å². The molecule has 2 rings (SSSR count). The zero-order chi connectivity index (χ0) is 10.1. The summed E-state index contributed by atoms with van der Waals surface area (Å²) in [5, 5.41) is 0.668. The van der Waals surface area contributed by atoms with Gasteiger partial charge in [-0.3, -0.25) is 4.98 Å². The van der Waals surface area contributed by atoms with E-state index in [2.05, 4.69) is 20.9 Å². The first-order valence-electron chi connectivity index (χ1n) is 4.00. The highest BCUT2D eigenvalue weighted by molar-refractivity contribution is 9.10. The van der Waals surface area contributed by atoms with Crippen LogP contribution in [0.4, 0.5) is 4.39 Å². The van der Waals surface area contributed by atoms with Gasteiger partial charge in [-0.1, -0.05) is 0 Å². The number of hydrogen-bond donors (Lipinski definition) is 0. The first-order valence-corrected chi connectivity index (χ1v) is 4.79. The Morgan fingerprint density at radius 3 is 2.93 bits per heavy atom. The molecule has 0 atom stereocenters. The maximum absolute atomic E-state index is 13.1. The minimum absolute atomic E-state index is 0.310. The van der Waals surface area contributed by atoms with E-state index < -0.39 is 0 Å². The Hall–Kier alpha value is -1.16. The van der Waals surface area contributed by atoms with Crippen LogP contribution in [0.3, 0.4) is 0 Å². The molecule has 0 aliphatic carbocycles.